The molecule has 0 saturated carbocycles. The SMILES string of the molecule is COC(=O)c1ccc2ccc(Nc3ccc4c(c3)CC(C)(C)C(=O)N4)nc2c1. The Morgan fingerprint density at radius 2 is 1.93 bits per heavy atom. The number of pyridine rings is 1. The highest BCUT2D eigenvalue weighted by Gasteiger charge is 2.33. The minimum Gasteiger partial charge on any atom is -0.465 e. The van der Waals surface area contributed by atoms with Crippen LogP contribution >= 0.6 is 0 Å². The fourth-order valence-corrected chi connectivity index (χ4v) is 3.37. The predicted molar refractivity (Wildman–Crippen MR) is 109 cm³/mol. The minimum atomic E-state index is -0.433. The van der Waals surface area contributed by atoms with Gasteiger partial charge < -0.3 is 15.4 Å². The molecule has 0 spiro atoms. The van der Waals surface area contributed by atoms with Gasteiger partial charge in [0.25, 0.3) is 0 Å². The van der Waals surface area contributed by atoms with E-state index >= 15 is 0 Å². The van der Waals surface area contributed by atoms with Gasteiger partial charge in [-0.1, -0.05) is 19.9 Å². The molecule has 4 rings (SSSR count). The number of hydrogen-bond donors (Lipinski definition) is 2. The van der Waals surface area contributed by atoms with Crippen LogP contribution in [0.5, 0.6) is 0 Å². The molecule has 0 saturated heterocycles. The number of carbonyl (C=O) groups is 2. The second-order valence-corrected chi connectivity index (χ2v) is 7.61. The van der Waals surface area contributed by atoms with Crippen LogP contribution in [0.15, 0.2) is 48.5 Å². The van der Waals surface area contributed by atoms with E-state index in [-0.39, 0.29) is 11.9 Å². The number of fused-ring (bicyclic) bond motifs is 2. The number of nitrogens with one attached hydrogen (secondary N) is 2. The van der Waals surface area contributed by atoms with Gasteiger partial charge in [0.05, 0.1) is 18.2 Å². The summed E-state index contributed by atoms with van der Waals surface area (Å²) in [5, 5.41) is 7.21. The van der Waals surface area contributed by atoms with E-state index in [1.807, 2.05) is 50.2 Å². The molecule has 3 aromatic rings. The fraction of sp³-hybridized carbons (Fsp3) is 0.227. The number of carbonyl (C=O) groups excluding carboxylic acids is 2. The van der Waals surface area contributed by atoms with Crippen LogP contribution in [0.25, 0.3) is 10.9 Å². The number of ether oxygens (including phenoxy) is 1. The van der Waals surface area contributed by atoms with E-state index < -0.39 is 5.41 Å². The fourth-order valence-electron chi connectivity index (χ4n) is 3.37. The summed E-state index contributed by atoms with van der Waals surface area (Å²) in [6.45, 7) is 3.88. The molecule has 1 aliphatic rings. The molecule has 2 N–H and O–H groups in total. The lowest BCUT2D eigenvalue weighted by molar-refractivity contribution is -0.124. The summed E-state index contributed by atoms with van der Waals surface area (Å²) in [6, 6.07) is 15.0. The van der Waals surface area contributed by atoms with Gasteiger partial charge in [0.2, 0.25) is 5.91 Å². The first kappa shape index (κ1) is 18.0. The highest BCUT2D eigenvalue weighted by molar-refractivity contribution is 5.98. The van der Waals surface area contributed by atoms with Crippen LogP contribution in [0.4, 0.5) is 17.2 Å². The Balaban J connectivity index is 1.63. The molecular formula is C22H21N3O3. The van der Waals surface area contributed by atoms with Crippen LogP contribution in [-0.4, -0.2) is 24.0 Å². The van der Waals surface area contributed by atoms with Crippen molar-refractivity contribution >= 4 is 40.0 Å². The van der Waals surface area contributed by atoms with Gasteiger partial charge >= 0.3 is 5.97 Å². The average molecular weight is 375 g/mol. The van der Waals surface area contributed by atoms with Gasteiger partial charge in [-0.25, -0.2) is 9.78 Å². The Bertz CT molecular complexity index is 1110. The molecule has 0 unspecified atom stereocenters. The topological polar surface area (TPSA) is 80.3 Å². The molecule has 28 heavy (non-hydrogen) atoms. The molecule has 0 bridgehead atoms. The smallest absolute Gasteiger partial charge is 0.337 e. The number of benzene rings is 2. The van der Waals surface area contributed by atoms with Crippen molar-refractivity contribution in [1.82, 2.24) is 4.98 Å². The van der Waals surface area contributed by atoms with Crippen molar-refractivity contribution in [3.05, 3.63) is 59.7 Å². The minimum absolute atomic E-state index is 0.0401. The van der Waals surface area contributed by atoms with Gasteiger partial charge in [0.15, 0.2) is 0 Å². The molecule has 1 amide bonds. The Labute approximate surface area is 162 Å². The average Bonchev–Trinajstić information content (AvgIpc) is 2.67. The summed E-state index contributed by atoms with van der Waals surface area (Å²) in [7, 11) is 1.36. The Kier molecular flexibility index (Phi) is 4.26. The number of esters is 1. The molecule has 1 aliphatic heterocycles. The quantitative estimate of drug-likeness (QED) is 0.668. The summed E-state index contributed by atoms with van der Waals surface area (Å²) in [6.07, 6.45) is 0.678. The van der Waals surface area contributed by atoms with Crippen molar-refractivity contribution in [3.63, 3.8) is 0 Å². The monoisotopic (exact) mass is 375 g/mol. The Hall–Kier alpha value is -3.41. The maximum absolute atomic E-state index is 12.1. The van der Waals surface area contributed by atoms with Gasteiger partial charge in [0.1, 0.15) is 5.82 Å². The number of aromatic nitrogens is 1. The first-order chi connectivity index (χ1) is 13.4. The molecule has 0 atom stereocenters. The van der Waals surface area contributed by atoms with Crippen LogP contribution in [0.2, 0.25) is 0 Å². The number of anilines is 3. The third kappa shape index (κ3) is 3.29. The maximum atomic E-state index is 12.1. The van der Waals surface area contributed by atoms with Crippen LogP contribution in [0.3, 0.4) is 0 Å². The van der Waals surface area contributed by atoms with Gasteiger partial charge in [-0.3, -0.25) is 4.79 Å². The maximum Gasteiger partial charge on any atom is 0.337 e. The summed E-state index contributed by atoms with van der Waals surface area (Å²) < 4.78 is 4.78. The molecule has 1 aromatic heterocycles. The number of methoxy groups -OCH3 is 1. The van der Waals surface area contributed by atoms with Crippen LogP contribution in [0.1, 0.15) is 29.8 Å². The van der Waals surface area contributed by atoms with Crippen molar-refractivity contribution in [2.24, 2.45) is 5.41 Å². The van der Waals surface area contributed by atoms with Gasteiger partial charge in [-0.05, 0) is 54.4 Å². The van der Waals surface area contributed by atoms with E-state index in [0.717, 1.165) is 22.3 Å². The van der Waals surface area contributed by atoms with E-state index in [2.05, 4.69) is 15.6 Å². The summed E-state index contributed by atoms with van der Waals surface area (Å²) >= 11 is 0. The Morgan fingerprint density at radius 3 is 2.71 bits per heavy atom. The summed E-state index contributed by atoms with van der Waals surface area (Å²) in [5.41, 5.74) is 3.57. The highest BCUT2D eigenvalue weighted by Crippen LogP contribution is 2.35. The second kappa shape index (κ2) is 6.64. The lowest BCUT2D eigenvalue weighted by Gasteiger charge is -2.30. The summed E-state index contributed by atoms with van der Waals surface area (Å²) in [4.78, 5) is 28.5. The molecule has 6 nitrogen and oxygen atoms in total. The molecule has 0 radical (unpaired) electrons. The number of rotatable bonds is 3. The van der Waals surface area contributed by atoms with Crippen LogP contribution < -0.4 is 10.6 Å². The molecule has 2 heterocycles. The van der Waals surface area contributed by atoms with Gasteiger partial charge in [-0.15, -0.1) is 0 Å². The van der Waals surface area contributed by atoms with E-state index in [0.29, 0.717) is 23.3 Å². The zero-order chi connectivity index (χ0) is 19.9. The number of nitrogens with zero attached hydrogens (tertiary/aromatic N) is 1. The van der Waals surface area contributed by atoms with E-state index in [1.54, 1.807) is 12.1 Å². The van der Waals surface area contributed by atoms with Crippen molar-refractivity contribution in [2.75, 3.05) is 17.7 Å². The molecule has 2 aromatic carbocycles. The van der Waals surface area contributed by atoms with Crippen molar-refractivity contribution < 1.29 is 14.3 Å². The normalized spacial score (nSPS) is 14.9. The number of amides is 1. The lowest BCUT2D eigenvalue weighted by Crippen LogP contribution is -2.37. The summed E-state index contributed by atoms with van der Waals surface area (Å²) in [5.74, 6) is 0.327. The number of hydrogen-bond acceptors (Lipinski definition) is 5. The standard InChI is InChI=1S/C22H21N3O3/c1-22(2)12-15-10-16(7-8-17(15)25-21(22)27)23-19-9-6-13-4-5-14(20(26)28-3)11-18(13)24-19/h4-11H,12H2,1-3H3,(H,23,24)(H,25,27). The molecule has 142 valence electrons. The van der Waals surface area contributed by atoms with Crippen LogP contribution in [-0.2, 0) is 16.0 Å². The van der Waals surface area contributed by atoms with Crippen molar-refractivity contribution in [3.8, 4) is 0 Å². The van der Waals surface area contributed by atoms with E-state index in [4.69, 9.17) is 4.74 Å². The largest absolute Gasteiger partial charge is 0.465 e. The zero-order valence-electron chi connectivity index (χ0n) is 16.0. The first-order valence-electron chi connectivity index (χ1n) is 9.06. The van der Waals surface area contributed by atoms with Crippen molar-refractivity contribution in [1.29, 1.82) is 0 Å². The van der Waals surface area contributed by atoms with Gasteiger partial charge in [0, 0.05) is 22.2 Å². The van der Waals surface area contributed by atoms with Crippen molar-refractivity contribution in [2.45, 2.75) is 20.3 Å². The predicted octanol–water partition coefficient (Wildman–Crippen LogP) is 4.29. The molecular weight excluding hydrogens is 354 g/mol. The van der Waals surface area contributed by atoms with Crippen LogP contribution in [0, 0.1) is 5.41 Å². The third-order valence-electron chi connectivity index (χ3n) is 4.99. The zero-order valence-corrected chi connectivity index (χ0v) is 16.0. The molecule has 0 aliphatic carbocycles. The Morgan fingerprint density at radius 1 is 1.14 bits per heavy atom. The highest BCUT2D eigenvalue weighted by atomic mass is 16.5. The molecule has 6 heteroatoms. The van der Waals surface area contributed by atoms with Gasteiger partial charge in [-0.2, -0.15) is 0 Å². The second-order valence-electron chi connectivity index (χ2n) is 7.61. The molecule has 0 fully saturated rings. The van der Waals surface area contributed by atoms with E-state index in [9.17, 15) is 9.59 Å². The third-order valence-corrected chi connectivity index (χ3v) is 4.99. The van der Waals surface area contributed by atoms with E-state index in [1.165, 1.54) is 7.11 Å². The lowest BCUT2D eigenvalue weighted by atomic mass is 9.81. The first-order valence-corrected chi connectivity index (χ1v) is 9.06.